The molecule has 1 amide bonds. The van der Waals surface area contributed by atoms with Gasteiger partial charge in [-0.1, -0.05) is 12.1 Å². The molecule has 2 heterocycles. The molecule has 3 rings (SSSR count). The van der Waals surface area contributed by atoms with Crippen LogP contribution in [-0.2, 0) is 11.3 Å². The summed E-state index contributed by atoms with van der Waals surface area (Å²) in [5.41, 5.74) is 4.47. The lowest BCUT2D eigenvalue weighted by atomic mass is 10.1. The second-order valence-electron chi connectivity index (χ2n) is 5.87. The van der Waals surface area contributed by atoms with E-state index in [1.165, 1.54) is 11.1 Å². The van der Waals surface area contributed by atoms with Crippen LogP contribution in [0.3, 0.4) is 0 Å². The number of H-pyrrole nitrogens is 1. The van der Waals surface area contributed by atoms with Gasteiger partial charge in [-0.25, -0.2) is 0 Å². The summed E-state index contributed by atoms with van der Waals surface area (Å²) < 4.78 is 0. The first-order chi connectivity index (χ1) is 10.6. The highest BCUT2D eigenvalue weighted by atomic mass is 16.2. The van der Waals surface area contributed by atoms with Crippen molar-refractivity contribution >= 4 is 11.6 Å². The SMILES string of the molecule is Cc1[nH]ncc1CNC(C)c1cccc(N2CCCC2=O)c1. The average molecular weight is 298 g/mol. The number of hydrogen-bond acceptors (Lipinski definition) is 3. The monoisotopic (exact) mass is 298 g/mol. The van der Waals surface area contributed by atoms with Crippen molar-refractivity contribution in [2.45, 2.75) is 39.3 Å². The van der Waals surface area contributed by atoms with Gasteiger partial charge in [-0.3, -0.25) is 9.89 Å². The Kier molecular flexibility index (Phi) is 4.24. The van der Waals surface area contributed by atoms with E-state index in [1.807, 2.05) is 30.2 Å². The number of hydrogen-bond donors (Lipinski definition) is 2. The van der Waals surface area contributed by atoms with E-state index in [9.17, 15) is 4.79 Å². The van der Waals surface area contributed by atoms with Crippen LogP contribution in [0.15, 0.2) is 30.5 Å². The summed E-state index contributed by atoms with van der Waals surface area (Å²) in [6.07, 6.45) is 3.48. The van der Waals surface area contributed by atoms with E-state index in [4.69, 9.17) is 0 Å². The maximum atomic E-state index is 11.9. The van der Waals surface area contributed by atoms with Crippen LogP contribution in [0.2, 0.25) is 0 Å². The molecule has 0 radical (unpaired) electrons. The molecule has 2 N–H and O–H groups in total. The second kappa shape index (κ2) is 6.32. The fourth-order valence-corrected chi connectivity index (χ4v) is 2.82. The Hall–Kier alpha value is -2.14. The van der Waals surface area contributed by atoms with Crippen molar-refractivity contribution in [2.75, 3.05) is 11.4 Å². The minimum absolute atomic E-state index is 0.215. The molecule has 1 aliphatic rings. The zero-order valence-corrected chi connectivity index (χ0v) is 13.1. The highest BCUT2D eigenvalue weighted by Crippen LogP contribution is 2.24. The molecule has 22 heavy (non-hydrogen) atoms. The number of rotatable bonds is 5. The van der Waals surface area contributed by atoms with Gasteiger partial charge in [0.25, 0.3) is 0 Å². The van der Waals surface area contributed by atoms with E-state index in [0.717, 1.165) is 30.9 Å². The molecule has 0 saturated carbocycles. The number of aromatic amines is 1. The summed E-state index contributed by atoms with van der Waals surface area (Å²) in [4.78, 5) is 13.8. The number of aryl methyl sites for hydroxylation is 1. The van der Waals surface area contributed by atoms with Crippen LogP contribution < -0.4 is 10.2 Å². The molecule has 1 aromatic carbocycles. The number of aromatic nitrogens is 2. The largest absolute Gasteiger partial charge is 0.312 e. The van der Waals surface area contributed by atoms with E-state index in [-0.39, 0.29) is 11.9 Å². The van der Waals surface area contributed by atoms with Crippen LogP contribution in [0.4, 0.5) is 5.69 Å². The molecular weight excluding hydrogens is 276 g/mol. The standard InChI is InChI=1S/C17H22N4O/c1-12(18-10-15-11-19-20-13(15)2)14-5-3-6-16(9-14)21-8-4-7-17(21)22/h3,5-6,9,11-12,18H,4,7-8,10H2,1-2H3,(H,19,20). The average Bonchev–Trinajstić information content (AvgIpc) is 3.13. The van der Waals surface area contributed by atoms with Crippen LogP contribution in [0.1, 0.15) is 42.6 Å². The Bertz CT molecular complexity index is 664. The Morgan fingerprint density at radius 1 is 1.45 bits per heavy atom. The van der Waals surface area contributed by atoms with Gasteiger partial charge >= 0.3 is 0 Å². The summed E-state index contributed by atoms with van der Waals surface area (Å²) in [7, 11) is 0. The van der Waals surface area contributed by atoms with Crippen molar-refractivity contribution in [3.63, 3.8) is 0 Å². The van der Waals surface area contributed by atoms with Gasteiger partial charge in [-0.2, -0.15) is 5.10 Å². The van der Waals surface area contributed by atoms with Crippen molar-refractivity contribution in [3.8, 4) is 0 Å². The summed E-state index contributed by atoms with van der Waals surface area (Å²) in [6.45, 7) is 5.77. The van der Waals surface area contributed by atoms with Crippen molar-refractivity contribution in [1.29, 1.82) is 0 Å². The van der Waals surface area contributed by atoms with E-state index in [2.05, 4.69) is 34.6 Å². The maximum absolute atomic E-state index is 11.9. The fraction of sp³-hybridized carbons (Fsp3) is 0.412. The predicted octanol–water partition coefficient (Wildman–Crippen LogP) is 2.70. The fourth-order valence-electron chi connectivity index (χ4n) is 2.82. The van der Waals surface area contributed by atoms with Crippen LogP contribution >= 0.6 is 0 Å². The van der Waals surface area contributed by atoms with Crippen molar-refractivity contribution in [3.05, 3.63) is 47.3 Å². The van der Waals surface area contributed by atoms with Gasteiger partial charge in [0.2, 0.25) is 5.91 Å². The van der Waals surface area contributed by atoms with Gasteiger partial charge in [-0.15, -0.1) is 0 Å². The molecule has 1 fully saturated rings. The molecule has 1 aliphatic heterocycles. The third-order valence-electron chi connectivity index (χ3n) is 4.29. The third-order valence-corrected chi connectivity index (χ3v) is 4.29. The summed E-state index contributed by atoms with van der Waals surface area (Å²) in [6, 6.07) is 8.47. The summed E-state index contributed by atoms with van der Waals surface area (Å²) in [5, 5.41) is 10.5. The van der Waals surface area contributed by atoms with E-state index >= 15 is 0 Å². The molecule has 0 bridgehead atoms. The first-order valence-electron chi connectivity index (χ1n) is 7.77. The quantitative estimate of drug-likeness (QED) is 0.892. The van der Waals surface area contributed by atoms with E-state index < -0.39 is 0 Å². The first kappa shape index (κ1) is 14.8. The lowest BCUT2D eigenvalue weighted by Gasteiger charge is -2.19. The molecule has 5 nitrogen and oxygen atoms in total. The smallest absolute Gasteiger partial charge is 0.227 e. The maximum Gasteiger partial charge on any atom is 0.227 e. The van der Waals surface area contributed by atoms with Crippen molar-refractivity contribution in [2.24, 2.45) is 0 Å². The molecule has 0 spiro atoms. The number of nitrogens with one attached hydrogen (secondary N) is 2. The number of benzene rings is 1. The lowest BCUT2D eigenvalue weighted by Crippen LogP contribution is -2.24. The Morgan fingerprint density at radius 2 is 2.32 bits per heavy atom. The number of anilines is 1. The minimum Gasteiger partial charge on any atom is -0.312 e. The van der Waals surface area contributed by atoms with Crippen LogP contribution in [-0.4, -0.2) is 22.6 Å². The summed E-state index contributed by atoms with van der Waals surface area (Å²) >= 11 is 0. The molecule has 1 aromatic heterocycles. The third kappa shape index (κ3) is 3.04. The highest BCUT2D eigenvalue weighted by molar-refractivity contribution is 5.95. The van der Waals surface area contributed by atoms with Crippen LogP contribution in [0.25, 0.3) is 0 Å². The molecular formula is C17H22N4O. The molecule has 1 atom stereocenters. The van der Waals surface area contributed by atoms with Gasteiger partial charge < -0.3 is 10.2 Å². The molecule has 1 unspecified atom stereocenters. The highest BCUT2D eigenvalue weighted by Gasteiger charge is 2.22. The lowest BCUT2D eigenvalue weighted by molar-refractivity contribution is -0.117. The molecule has 5 heteroatoms. The first-order valence-corrected chi connectivity index (χ1v) is 7.77. The molecule has 2 aromatic rings. The van der Waals surface area contributed by atoms with Crippen LogP contribution in [0.5, 0.6) is 0 Å². The summed E-state index contributed by atoms with van der Waals surface area (Å²) in [5.74, 6) is 0.229. The van der Waals surface area contributed by atoms with Gasteiger partial charge in [0.05, 0.1) is 6.20 Å². The number of carbonyl (C=O) groups excluding carboxylic acids is 1. The minimum atomic E-state index is 0.215. The van der Waals surface area contributed by atoms with Gasteiger partial charge in [-0.05, 0) is 38.0 Å². The molecule has 1 saturated heterocycles. The normalized spacial score (nSPS) is 16.3. The second-order valence-corrected chi connectivity index (χ2v) is 5.87. The Morgan fingerprint density at radius 3 is 3.00 bits per heavy atom. The Labute approximate surface area is 130 Å². The topological polar surface area (TPSA) is 61.0 Å². The Balaban J connectivity index is 1.68. The predicted molar refractivity (Wildman–Crippen MR) is 86.6 cm³/mol. The van der Waals surface area contributed by atoms with Crippen molar-refractivity contribution in [1.82, 2.24) is 15.5 Å². The van der Waals surface area contributed by atoms with Crippen molar-refractivity contribution < 1.29 is 4.79 Å². The molecule has 0 aliphatic carbocycles. The van der Waals surface area contributed by atoms with Gasteiger partial charge in [0.1, 0.15) is 0 Å². The van der Waals surface area contributed by atoms with E-state index in [0.29, 0.717) is 6.42 Å². The van der Waals surface area contributed by atoms with Gasteiger partial charge in [0, 0.05) is 42.5 Å². The zero-order valence-electron chi connectivity index (χ0n) is 13.1. The zero-order chi connectivity index (χ0) is 15.5. The number of nitrogens with zero attached hydrogens (tertiary/aromatic N) is 2. The number of amides is 1. The van der Waals surface area contributed by atoms with Crippen LogP contribution in [0, 0.1) is 6.92 Å². The molecule has 116 valence electrons. The van der Waals surface area contributed by atoms with Gasteiger partial charge in [0.15, 0.2) is 0 Å². The number of carbonyl (C=O) groups is 1. The van der Waals surface area contributed by atoms with E-state index in [1.54, 1.807) is 0 Å².